The van der Waals surface area contributed by atoms with E-state index in [0.29, 0.717) is 16.5 Å². The van der Waals surface area contributed by atoms with Crippen LogP contribution in [0.1, 0.15) is 30.3 Å². The maximum absolute atomic E-state index is 12.1. The average molecular weight is 292 g/mol. The van der Waals surface area contributed by atoms with Gasteiger partial charge in [0.05, 0.1) is 18.4 Å². The molecule has 0 aromatic carbocycles. The third-order valence-corrected chi connectivity index (χ3v) is 4.21. The molecule has 0 bridgehead atoms. The van der Waals surface area contributed by atoms with E-state index < -0.39 is 0 Å². The van der Waals surface area contributed by atoms with Gasteiger partial charge in [0, 0.05) is 12.0 Å². The quantitative estimate of drug-likeness (QED) is 0.941. The number of nitrogens with one attached hydrogen (secondary N) is 1. The van der Waals surface area contributed by atoms with Gasteiger partial charge in [-0.1, -0.05) is 0 Å². The number of thiazole rings is 1. The van der Waals surface area contributed by atoms with Gasteiger partial charge in [-0.15, -0.1) is 11.3 Å². The molecule has 1 saturated heterocycles. The van der Waals surface area contributed by atoms with Gasteiger partial charge in [-0.05, 0) is 31.9 Å². The maximum Gasteiger partial charge on any atom is 0.271 e. The first-order chi connectivity index (χ1) is 9.74. The molecule has 0 aliphatic carbocycles. The van der Waals surface area contributed by atoms with E-state index in [0.717, 1.165) is 19.4 Å². The summed E-state index contributed by atoms with van der Waals surface area (Å²) in [4.78, 5) is 16.4. The van der Waals surface area contributed by atoms with Crippen molar-refractivity contribution in [1.29, 1.82) is 0 Å². The van der Waals surface area contributed by atoms with E-state index in [2.05, 4.69) is 10.3 Å². The number of carbonyl (C=O) groups is 1. The number of amides is 1. The number of rotatable bonds is 4. The predicted molar refractivity (Wildman–Crippen MR) is 75.7 cm³/mol. The molecule has 0 radical (unpaired) electrons. The van der Waals surface area contributed by atoms with Gasteiger partial charge in [-0.2, -0.15) is 0 Å². The van der Waals surface area contributed by atoms with Crippen molar-refractivity contribution in [3.8, 4) is 10.8 Å². The zero-order valence-electron chi connectivity index (χ0n) is 11.2. The van der Waals surface area contributed by atoms with Crippen LogP contribution in [0.15, 0.2) is 28.2 Å². The van der Waals surface area contributed by atoms with Crippen LogP contribution in [-0.2, 0) is 4.74 Å². The van der Waals surface area contributed by atoms with Crippen LogP contribution in [0, 0.1) is 0 Å². The van der Waals surface area contributed by atoms with E-state index >= 15 is 0 Å². The van der Waals surface area contributed by atoms with Crippen LogP contribution >= 0.6 is 11.3 Å². The lowest BCUT2D eigenvalue weighted by molar-refractivity contribution is 0.0710. The van der Waals surface area contributed by atoms with E-state index in [1.165, 1.54) is 11.3 Å². The third-order valence-electron chi connectivity index (χ3n) is 3.35. The second-order valence-corrected chi connectivity index (χ2v) is 5.69. The highest BCUT2D eigenvalue weighted by Crippen LogP contribution is 2.24. The molecule has 5 nitrogen and oxygen atoms in total. The van der Waals surface area contributed by atoms with Gasteiger partial charge >= 0.3 is 0 Å². The fourth-order valence-corrected chi connectivity index (χ4v) is 3.03. The average Bonchev–Trinajstić information content (AvgIpc) is 3.19. The van der Waals surface area contributed by atoms with E-state index in [-0.39, 0.29) is 18.1 Å². The first-order valence-corrected chi connectivity index (χ1v) is 7.54. The van der Waals surface area contributed by atoms with Crippen molar-refractivity contribution in [3.63, 3.8) is 0 Å². The van der Waals surface area contributed by atoms with Gasteiger partial charge < -0.3 is 14.5 Å². The lowest BCUT2D eigenvalue weighted by atomic mass is 10.1. The lowest BCUT2D eigenvalue weighted by Crippen LogP contribution is -2.40. The van der Waals surface area contributed by atoms with Gasteiger partial charge in [-0.3, -0.25) is 4.79 Å². The van der Waals surface area contributed by atoms with Gasteiger partial charge in [0.15, 0.2) is 10.8 Å². The molecule has 2 aromatic heterocycles. The number of furan rings is 1. The number of hydrogen-bond donors (Lipinski definition) is 1. The minimum atomic E-state index is -0.165. The standard InChI is InChI=1S/C14H16N2O3S/c1-9(11-4-2-6-18-11)15-13(17)10-8-20-14(16-10)12-5-3-7-19-12/h3,5,7-9,11H,2,4,6H2,1H3,(H,15,17)/t9-,11-/m1/s1. The summed E-state index contributed by atoms with van der Waals surface area (Å²) in [6, 6.07) is 3.63. The lowest BCUT2D eigenvalue weighted by Gasteiger charge is -2.19. The summed E-state index contributed by atoms with van der Waals surface area (Å²) >= 11 is 1.40. The summed E-state index contributed by atoms with van der Waals surface area (Å²) in [5.41, 5.74) is 0.422. The molecular formula is C14H16N2O3S. The molecule has 20 heavy (non-hydrogen) atoms. The monoisotopic (exact) mass is 292 g/mol. The van der Waals surface area contributed by atoms with Crippen molar-refractivity contribution in [2.45, 2.75) is 31.9 Å². The number of ether oxygens (including phenoxy) is 1. The van der Waals surface area contributed by atoms with Crippen LogP contribution in [0.25, 0.3) is 10.8 Å². The Kier molecular flexibility index (Phi) is 3.84. The maximum atomic E-state index is 12.1. The van der Waals surface area contributed by atoms with Crippen LogP contribution in [0.5, 0.6) is 0 Å². The second-order valence-electron chi connectivity index (χ2n) is 4.83. The molecule has 3 heterocycles. The van der Waals surface area contributed by atoms with Crippen molar-refractivity contribution in [1.82, 2.24) is 10.3 Å². The molecule has 2 aromatic rings. The molecule has 2 atom stereocenters. The Morgan fingerprint density at radius 2 is 2.50 bits per heavy atom. The van der Waals surface area contributed by atoms with Gasteiger partial charge in [0.25, 0.3) is 5.91 Å². The number of hydrogen-bond acceptors (Lipinski definition) is 5. The minimum absolute atomic E-state index is 0.00115. The van der Waals surface area contributed by atoms with Gasteiger partial charge in [0.2, 0.25) is 0 Å². The molecule has 1 aliphatic heterocycles. The predicted octanol–water partition coefficient (Wildman–Crippen LogP) is 2.70. The highest BCUT2D eigenvalue weighted by Gasteiger charge is 2.24. The molecule has 1 N–H and O–H groups in total. The fraction of sp³-hybridized carbons (Fsp3) is 0.429. The number of aromatic nitrogens is 1. The van der Waals surface area contributed by atoms with Crippen molar-refractivity contribution >= 4 is 17.2 Å². The highest BCUT2D eigenvalue weighted by molar-refractivity contribution is 7.13. The van der Waals surface area contributed by atoms with Crippen molar-refractivity contribution in [2.75, 3.05) is 6.61 Å². The molecular weight excluding hydrogens is 276 g/mol. The van der Waals surface area contributed by atoms with E-state index in [4.69, 9.17) is 9.15 Å². The SMILES string of the molecule is C[C@@H](NC(=O)c1csc(-c2ccco2)n1)[C@H]1CCCO1. The molecule has 0 unspecified atom stereocenters. The molecule has 106 valence electrons. The van der Waals surface area contributed by atoms with Crippen LogP contribution in [0.3, 0.4) is 0 Å². The molecule has 0 spiro atoms. The summed E-state index contributed by atoms with van der Waals surface area (Å²) < 4.78 is 10.8. The van der Waals surface area contributed by atoms with E-state index in [1.807, 2.05) is 13.0 Å². The third kappa shape index (κ3) is 2.76. The van der Waals surface area contributed by atoms with Crippen molar-refractivity contribution in [3.05, 3.63) is 29.5 Å². The number of nitrogens with zero attached hydrogens (tertiary/aromatic N) is 1. The highest BCUT2D eigenvalue weighted by atomic mass is 32.1. The Bertz CT molecular complexity index is 573. The Labute approximate surface area is 121 Å². The Balaban J connectivity index is 1.65. The molecule has 6 heteroatoms. The Morgan fingerprint density at radius 3 is 3.20 bits per heavy atom. The van der Waals surface area contributed by atoms with E-state index in [1.54, 1.807) is 17.7 Å². The summed E-state index contributed by atoms with van der Waals surface area (Å²) in [5, 5.41) is 5.40. The van der Waals surface area contributed by atoms with E-state index in [9.17, 15) is 4.79 Å². The largest absolute Gasteiger partial charge is 0.462 e. The van der Waals surface area contributed by atoms with Gasteiger partial charge in [-0.25, -0.2) is 4.98 Å². The Morgan fingerprint density at radius 1 is 1.60 bits per heavy atom. The minimum Gasteiger partial charge on any atom is -0.462 e. The van der Waals surface area contributed by atoms with Crippen LogP contribution in [-0.4, -0.2) is 29.6 Å². The normalized spacial score (nSPS) is 19.9. The van der Waals surface area contributed by atoms with Crippen LogP contribution in [0.4, 0.5) is 0 Å². The summed E-state index contributed by atoms with van der Waals surface area (Å²) in [6.45, 7) is 2.75. The number of carbonyl (C=O) groups excluding carboxylic acids is 1. The van der Waals surface area contributed by atoms with Crippen molar-refractivity contribution < 1.29 is 13.9 Å². The molecule has 1 amide bonds. The van der Waals surface area contributed by atoms with Gasteiger partial charge in [0.1, 0.15) is 5.69 Å². The summed E-state index contributed by atoms with van der Waals surface area (Å²) in [7, 11) is 0. The first kappa shape index (κ1) is 13.3. The van der Waals surface area contributed by atoms with Crippen molar-refractivity contribution in [2.24, 2.45) is 0 Å². The molecule has 1 fully saturated rings. The van der Waals surface area contributed by atoms with Crippen LogP contribution < -0.4 is 5.32 Å². The zero-order valence-corrected chi connectivity index (χ0v) is 12.0. The topological polar surface area (TPSA) is 64.4 Å². The fourth-order valence-electron chi connectivity index (χ4n) is 2.26. The summed E-state index contributed by atoms with van der Waals surface area (Å²) in [5.74, 6) is 0.517. The molecule has 3 rings (SSSR count). The first-order valence-electron chi connectivity index (χ1n) is 6.66. The smallest absolute Gasteiger partial charge is 0.271 e. The van der Waals surface area contributed by atoms with Crippen LogP contribution in [0.2, 0.25) is 0 Å². The zero-order chi connectivity index (χ0) is 13.9. The second kappa shape index (κ2) is 5.76. The summed E-state index contributed by atoms with van der Waals surface area (Å²) in [6.07, 6.45) is 3.76. The Hall–Kier alpha value is -1.66. The molecule has 1 aliphatic rings. The molecule has 0 saturated carbocycles.